The molecule has 2 rings (SSSR count). The van der Waals surface area contributed by atoms with E-state index in [1.165, 1.54) is 23.3 Å². The van der Waals surface area contributed by atoms with Crippen LogP contribution in [-0.4, -0.2) is 0 Å². The molecular formula is C16H16F3N. The van der Waals surface area contributed by atoms with Crippen molar-refractivity contribution in [2.45, 2.75) is 26.6 Å². The fourth-order valence-corrected chi connectivity index (χ4v) is 1.89. The molecule has 0 radical (unpaired) electrons. The van der Waals surface area contributed by atoms with Gasteiger partial charge in [0.1, 0.15) is 0 Å². The molecule has 20 heavy (non-hydrogen) atoms. The van der Waals surface area contributed by atoms with Crippen LogP contribution in [0, 0.1) is 13.8 Å². The van der Waals surface area contributed by atoms with E-state index in [2.05, 4.69) is 11.4 Å². The van der Waals surface area contributed by atoms with Gasteiger partial charge in [-0.25, -0.2) is 0 Å². The van der Waals surface area contributed by atoms with Crippen LogP contribution in [-0.2, 0) is 12.7 Å². The Kier molecular flexibility index (Phi) is 4.02. The molecule has 0 aliphatic rings. The number of alkyl halides is 3. The molecule has 1 N–H and O–H groups in total. The van der Waals surface area contributed by atoms with Crippen molar-refractivity contribution in [2.75, 3.05) is 5.32 Å². The van der Waals surface area contributed by atoms with E-state index in [0.717, 1.165) is 17.7 Å². The summed E-state index contributed by atoms with van der Waals surface area (Å²) in [5.74, 6) is 0. The van der Waals surface area contributed by atoms with Crippen LogP contribution in [0.15, 0.2) is 42.5 Å². The average Bonchev–Trinajstić information content (AvgIpc) is 2.40. The number of aryl methyl sites for hydroxylation is 2. The monoisotopic (exact) mass is 279 g/mol. The minimum atomic E-state index is -4.29. The van der Waals surface area contributed by atoms with Crippen molar-refractivity contribution < 1.29 is 13.2 Å². The number of rotatable bonds is 3. The first kappa shape index (κ1) is 14.4. The van der Waals surface area contributed by atoms with Crippen molar-refractivity contribution in [1.82, 2.24) is 0 Å². The Morgan fingerprint density at radius 1 is 0.900 bits per heavy atom. The van der Waals surface area contributed by atoms with Gasteiger partial charge < -0.3 is 5.32 Å². The van der Waals surface area contributed by atoms with Crippen LogP contribution in [0.1, 0.15) is 22.3 Å². The summed E-state index contributed by atoms with van der Waals surface area (Å²) in [6.45, 7) is 4.67. The second kappa shape index (κ2) is 5.57. The fourth-order valence-electron chi connectivity index (χ4n) is 1.89. The molecule has 2 aromatic carbocycles. The Bertz CT molecular complexity index is 586. The van der Waals surface area contributed by atoms with E-state index in [4.69, 9.17) is 0 Å². The quantitative estimate of drug-likeness (QED) is 0.839. The van der Waals surface area contributed by atoms with Gasteiger partial charge in [0.15, 0.2) is 0 Å². The molecule has 0 amide bonds. The maximum Gasteiger partial charge on any atom is 0.416 e. The lowest BCUT2D eigenvalue weighted by atomic mass is 10.1. The average molecular weight is 279 g/mol. The van der Waals surface area contributed by atoms with E-state index in [9.17, 15) is 13.2 Å². The summed E-state index contributed by atoms with van der Waals surface area (Å²) < 4.78 is 37.3. The van der Waals surface area contributed by atoms with E-state index in [1.807, 2.05) is 26.0 Å². The molecule has 0 heterocycles. The Morgan fingerprint density at radius 2 is 1.55 bits per heavy atom. The van der Waals surface area contributed by atoms with E-state index in [0.29, 0.717) is 12.2 Å². The molecule has 0 bridgehead atoms. The van der Waals surface area contributed by atoms with E-state index < -0.39 is 11.7 Å². The lowest BCUT2D eigenvalue weighted by molar-refractivity contribution is -0.137. The predicted octanol–water partition coefficient (Wildman–Crippen LogP) is 4.93. The summed E-state index contributed by atoms with van der Waals surface area (Å²) in [6, 6.07) is 11.2. The van der Waals surface area contributed by atoms with Crippen LogP contribution in [0.2, 0.25) is 0 Å². The lowest BCUT2D eigenvalue weighted by Gasteiger charge is -2.10. The number of hydrogen-bond donors (Lipinski definition) is 1. The van der Waals surface area contributed by atoms with Gasteiger partial charge in [-0.05, 0) is 54.8 Å². The maximum atomic E-state index is 12.4. The molecule has 0 fully saturated rings. The van der Waals surface area contributed by atoms with Gasteiger partial charge in [-0.2, -0.15) is 13.2 Å². The molecule has 0 spiro atoms. The van der Waals surface area contributed by atoms with Gasteiger partial charge in [-0.15, -0.1) is 0 Å². The van der Waals surface area contributed by atoms with Gasteiger partial charge in [-0.3, -0.25) is 0 Å². The predicted molar refractivity (Wildman–Crippen MR) is 74.7 cm³/mol. The van der Waals surface area contributed by atoms with Gasteiger partial charge in [-0.1, -0.05) is 18.2 Å². The molecule has 0 saturated carbocycles. The molecule has 0 unspecified atom stereocenters. The first-order valence-electron chi connectivity index (χ1n) is 6.33. The molecule has 1 nitrogen and oxygen atoms in total. The Hall–Kier alpha value is -1.97. The van der Waals surface area contributed by atoms with Gasteiger partial charge in [0.2, 0.25) is 0 Å². The Balaban J connectivity index is 2.02. The van der Waals surface area contributed by atoms with Crippen LogP contribution in [0.3, 0.4) is 0 Å². The minimum absolute atomic E-state index is 0.590. The highest BCUT2D eigenvalue weighted by Crippen LogP contribution is 2.29. The third kappa shape index (κ3) is 3.53. The molecule has 4 heteroatoms. The number of anilines is 1. The van der Waals surface area contributed by atoms with E-state index in [-0.39, 0.29) is 0 Å². The fraction of sp³-hybridized carbons (Fsp3) is 0.250. The molecule has 0 atom stereocenters. The van der Waals surface area contributed by atoms with Crippen LogP contribution >= 0.6 is 0 Å². The Morgan fingerprint density at radius 3 is 2.10 bits per heavy atom. The summed E-state index contributed by atoms with van der Waals surface area (Å²) >= 11 is 0. The summed E-state index contributed by atoms with van der Waals surface area (Å²) in [7, 11) is 0. The first-order valence-corrected chi connectivity index (χ1v) is 6.33. The third-order valence-electron chi connectivity index (χ3n) is 3.28. The minimum Gasteiger partial charge on any atom is -0.381 e. The van der Waals surface area contributed by atoms with E-state index >= 15 is 0 Å². The molecule has 0 aromatic heterocycles. The van der Waals surface area contributed by atoms with Crippen LogP contribution in [0.25, 0.3) is 0 Å². The van der Waals surface area contributed by atoms with Gasteiger partial charge in [0.05, 0.1) is 5.56 Å². The van der Waals surface area contributed by atoms with Crippen molar-refractivity contribution in [3.05, 3.63) is 64.7 Å². The van der Waals surface area contributed by atoms with Crippen molar-refractivity contribution in [3.63, 3.8) is 0 Å². The molecule has 0 saturated heterocycles. The molecule has 0 aliphatic heterocycles. The number of halogens is 3. The number of benzene rings is 2. The zero-order valence-corrected chi connectivity index (χ0v) is 11.4. The van der Waals surface area contributed by atoms with Crippen LogP contribution in [0.4, 0.5) is 18.9 Å². The number of hydrogen-bond acceptors (Lipinski definition) is 1. The molecule has 2 aromatic rings. The molecular weight excluding hydrogens is 263 g/mol. The van der Waals surface area contributed by atoms with Gasteiger partial charge in [0, 0.05) is 12.2 Å². The van der Waals surface area contributed by atoms with Crippen LogP contribution < -0.4 is 5.32 Å². The highest BCUT2D eigenvalue weighted by Gasteiger charge is 2.29. The SMILES string of the molecule is Cc1ccc(CNc2ccc(C(F)(F)F)cc2)cc1C. The molecule has 0 aliphatic carbocycles. The largest absolute Gasteiger partial charge is 0.416 e. The van der Waals surface area contributed by atoms with Gasteiger partial charge >= 0.3 is 6.18 Å². The number of nitrogens with one attached hydrogen (secondary N) is 1. The zero-order valence-electron chi connectivity index (χ0n) is 11.4. The van der Waals surface area contributed by atoms with E-state index in [1.54, 1.807) is 0 Å². The van der Waals surface area contributed by atoms with Crippen molar-refractivity contribution >= 4 is 5.69 Å². The van der Waals surface area contributed by atoms with Crippen molar-refractivity contribution in [2.24, 2.45) is 0 Å². The van der Waals surface area contributed by atoms with Crippen molar-refractivity contribution in [1.29, 1.82) is 0 Å². The second-order valence-electron chi connectivity index (χ2n) is 4.85. The summed E-state index contributed by atoms with van der Waals surface area (Å²) in [4.78, 5) is 0. The summed E-state index contributed by atoms with van der Waals surface area (Å²) in [5.41, 5.74) is 3.58. The van der Waals surface area contributed by atoms with Gasteiger partial charge in [0.25, 0.3) is 0 Å². The van der Waals surface area contributed by atoms with Crippen LogP contribution in [0.5, 0.6) is 0 Å². The maximum absolute atomic E-state index is 12.4. The first-order chi connectivity index (χ1) is 9.36. The topological polar surface area (TPSA) is 12.0 Å². The highest BCUT2D eigenvalue weighted by molar-refractivity contribution is 5.46. The Labute approximate surface area is 116 Å². The molecule has 106 valence electrons. The highest BCUT2D eigenvalue weighted by atomic mass is 19.4. The lowest BCUT2D eigenvalue weighted by Crippen LogP contribution is -2.05. The summed E-state index contributed by atoms with van der Waals surface area (Å²) in [6.07, 6.45) is -4.29. The zero-order chi connectivity index (χ0) is 14.8. The summed E-state index contributed by atoms with van der Waals surface area (Å²) in [5, 5.41) is 3.12. The normalized spacial score (nSPS) is 11.4. The van der Waals surface area contributed by atoms with Crippen molar-refractivity contribution in [3.8, 4) is 0 Å². The third-order valence-corrected chi connectivity index (χ3v) is 3.28. The standard InChI is InChI=1S/C16H16F3N/c1-11-3-4-13(9-12(11)2)10-20-15-7-5-14(6-8-15)16(17,18)19/h3-9,20H,10H2,1-2H3. The smallest absolute Gasteiger partial charge is 0.381 e. The second-order valence-corrected chi connectivity index (χ2v) is 4.85.